The maximum Gasteiger partial charge on any atom is 0.0483 e. The van der Waals surface area contributed by atoms with E-state index in [2.05, 4.69) is 47.3 Å². The van der Waals surface area contributed by atoms with Gasteiger partial charge in [0.15, 0.2) is 0 Å². The van der Waals surface area contributed by atoms with Gasteiger partial charge in [-0.2, -0.15) is 0 Å². The number of rotatable bonds is 5. The molecule has 114 valence electrons. The molecule has 1 unspecified atom stereocenters. The molecule has 1 saturated heterocycles. The highest BCUT2D eigenvalue weighted by Crippen LogP contribution is 2.24. The first kappa shape index (κ1) is 14.6. The van der Waals surface area contributed by atoms with E-state index in [1.54, 1.807) is 0 Å². The van der Waals surface area contributed by atoms with Gasteiger partial charge >= 0.3 is 0 Å². The first-order chi connectivity index (χ1) is 10.3. The van der Waals surface area contributed by atoms with Crippen LogP contribution in [0.2, 0.25) is 0 Å². The fourth-order valence-corrected chi connectivity index (χ4v) is 3.26. The average molecular weight is 286 g/mol. The maximum atomic E-state index is 5.47. The Morgan fingerprint density at radius 3 is 2.86 bits per heavy atom. The Morgan fingerprint density at radius 1 is 1.29 bits per heavy atom. The summed E-state index contributed by atoms with van der Waals surface area (Å²) >= 11 is 0. The van der Waals surface area contributed by atoms with Gasteiger partial charge in [0.1, 0.15) is 0 Å². The fourth-order valence-electron chi connectivity index (χ4n) is 3.26. The number of likely N-dealkylation sites (N-methyl/N-ethyl adjacent to an activating group) is 1. The minimum absolute atomic E-state index is 0.509. The van der Waals surface area contributed by atoms with Crippen molar-refractivity contribution in [3.63, 3.8) is 0 Å². The molecule has 0 saturated carbocycles. The molecule has 1 fully saturated rings. The average Bonchev–Trinajstić information content (AvgIpc) is 2.92. The minimum Gasteiger partial charge on any atom is -0.381 e. The van der Waals surface area contributed by atoms with Crippen LogP contribution in [0.4, 0.5) is 0 Å². The third-order valence-electron chi connectivity index (χ3n) is 4.72. The molecular weight excluding hydrogens is 260 g/mol. The van der Waals surface area contributed by atoms with Crippen molar-refractivity contribution in [3.05, 3.63) is 36.0 Å². The summed E-state index contributed by atoms with van der Waals surface area (Å²) in [5.74, 6) is 0.759. The molecule has 0 aliphatic carbocycles. The molecule has 3 heteroatoms. The molecule has 1 aromatic heterocycles. The monoisotopic (exact) mass is 286 g/mol. The Balaban J connectivity index is 1.82. The molecule has 2 heterocycles. The van der Waals surface area contributed by atoms with Crippen molar-refractivity contribution in [1.82, 2.24) is 9.88 Å². The molecule has 1 atom stereocenters. The summed E-state index contributed by atoms with van der Waals surface area (Å²) in [6.07, 6.45) is 5.72. The highest BCUT2D eigenvalue weighted by atomic mass is 16.5. The van der Waals surface area contributed by atoms with Crippen LogP contribution in [-0.2, 0) is 17.7 Å². The van der Waals surface area contributed by atoms with Gasteiger partial charge in [0.2, 0.25) is 0 Å². The summed E-state index contributed by atoms with van der Waals surface area (Å²) in [5, 5.41) is 4.74. The van der Waals surface area contributed by atoms with E-state index in [9.17, 15) is 0 Å². The van der Waals surface area contributed by atoms with Gasteiger partial charge in [-0.3, -0.25) is 0 Å². The molecule has 0 bridgehead atoms. The predicted octanol–water partition coefficient (Wildman–Crippen LogP) is 3.22. The Morgan fingerprint density at radius 2 is 2.10 bits per heavy atom. The number of benzene rings is 1. The van der Waals surface area contributed by atoms with Crippen molar-refractivity contribution in [2.24, 2.45) is 5.92 Å². The lowest BCUT2D eigenvalue weighted by atomic mass is 10.00. The van der Waals surface area contributed by atoms with Crippen LogP contribution in [0.25, 0.3) is 10.9 Å². The molecule has 1 aliphatic heterocycles. The molecule has 0 amide bonds. The summed E-state index contributed by atoms with van der Waals surface area (Å²) in [6, 6.07) is 9.50. The first-order valence-corrected chi connectivity index (χ1v) is 8.09. The number of nitrogens with one attached hydrogen (secondary N) is 1. The molecule has 0 radical (unpaired) electrons. The van der Waals surface area contributed by atoms with Gasteiger partial charge in [-0.1, -0.05) is 12.1 Å². The first-order valence-electron chi connectivity index (χ1n) is 8.09. The van der Waals surface area contributed by atoms with Crippen LogP contribution in [0, 0.1) is 5.92 Å². The summed E-state index contributed by atoms with van der Waals surface area (Å²) in [4.78, 5) is 0. The lowest BCUT2D eigenvalue weighted by molar-refractivity contribution is 0.0616. The quantitative estimate of drug-likeness (QED) is 0.913. The molecule has 3 nitrogen and oxygen atoms in total. The van der Waals surface area contributed by atoms with Crippen molar-refractivity contribution >= 4 is 10.9 Å². The molecule has 1 aliphatic rings. The third kappa shape index (κ3) is 3.30. The molecule has 3 rings (SSSR count). The van der Waals surface area contributed by atoms with Crippen LogP contribution in [0.5, 0.6) is 0 Å². The van der Waals surface area contributed by atoms with Gasteiger partial charge in [0, 0.05) is 42.9 Å². The largest absolute Gasteiger partial charge is 0.381 e. The van der Waals surface area contributed by atoms with E-state index in [0.29, 0.717) is 6.04 Å². The third-order valence-corrected chi connectivity index (χ3v) is 4.72. The smallest absolute Gasteiger partial charge is 0.0483 e. The zero-order valence-corrected chi connectivity index (χ0v) is 13.1. The van der Waals surface area contributed by atoms with Crippen LogP contribution in [0.1, 0.15) is 25.3 Å². The van der Waals surface area contributed by atoms with Crippen molar-refractivity contribution in [2.45, 2.75) is 38.8 Å². The maximum absolute atomic E-state index is 5.47. The Hall–Kier alpha value is -1.32. The molecule has 2 aromatic rings. The summed E-state index contributed by atoms with van der Waals surface area (Å²) < 4.78 is 7.89. The topological polar surface area (TPSA) is 26.2 Å². The van der Waals surface area contributed by atoms with Gasteiger partial charge in [0.25, 0.3) is 0 Å². The van der Waals surface area contributed by atoms with Crippen molar-refractivity contribution < 1.29 is 4.74 Å². The molecule has 1 N–H and O–H groups in total. The summed E-state index contributed by atoms with van der Waals surface area (Å²) in [6.45, 7) is 5.21. The standard InChI is InChI=1S/C18H26N2O/c1-14(19-2)12-16-4-3-5-18-17(16)6-9-20(18)13-15-7-10-21-11-8-15/h3-6,9,14-15,19H,7-8,10-13H2,1-2H3. The SMILES string of the molecule is CNC(C)Cc1cccc2c1ccn2CC1CCOCC1. The van der Waals surface area contributed by atoms with Gasteiger partial charge in [-0.05, 0) is 56.8 Å². The lowest BCUT2D eigenvalue weighted by Gasteiger charge is -2.23. The van der Waals surface area contributed by atoms with Crippen LogP contribution < -0.4 is 5.32 Å². The zero-order chi connectivity index (χ0) is 14.7. The highest BCUT2D eigenvalue weighted by molar-refractivity contribution is 5.83. The van der Waals surface area contributed by atoms with Crippen molar-refractivity contribution in [3.8, 4) is 0 Å². The molecular formula is C18H26N2O. The van der Waals surface area contributed by atoms with Gasteiger partial charge in [-0.25, -0.2) is 0 Å². The summed E-state index contributed by atoms with van der Waals surface area (Å²) in [7, 11) is 2.03. The van der Waals surface area contributed by atoms with Gasteiger partial charge in [-0.15, -0.1) is 0 Å². The van der Waals surface area contributed by atoms with Gasteiger partial charge in [0.05, 0.1) is 0 Å². The number of hydrogen-bond acceptors (Lipinski definition) is 2. The number of fused-ring (bicyclic) bond motifs is 1. The second kappa shape index (κ2) is 6.63. The second-order valence-corrected chi connectivity index (χ2v) is 6.27. The Kier molecular flexibility index (Phi) is 4.61. The molecule has 1 aromatic carbocycles. The van der Waals surface area contributed by atoms with E-state index in [4.69, 9.17) is 4.74 Å². The van der Waals surface area contributed by atoms with Gasteiger partial charge < -0.3 is 14.6 Å². The van der Waals surface area contributed by atoms with E-state index in [0.717, 1.165) is 32.1 Å². The highest BCUT2D eigenvalue weighted by Gasteiger charge is 2.15. The van der Waals surface area contributed by atoms with E-state index < -0.39 is 0 Å². The Labute approximate surface area is 127 Å². The van der Waals surface area contributed by atoms with E-state index >= 15 is 0 Å². The second-order valence-electron chi connectivity index (χ2n) is 6.27. The fraction of sp³-hybridized carbons (Fsp3) is 0.556. The molecule has 0 spiro atoms. The van der Waals surface area contributed by atoms with Crippen LogP contribution in [-0.4, -0.2) is 30.9 Å². The molecule has 21 heavy (non-hydrogen) atoms. The normalized spacial score (nSPS) is 18.2. The van der Waals surface area contributed by atoms with Crippen LogP contribution in [0.3, 0.4) is 0 Å². The number of nitrogens with zero attached hydrogens (tertiary/aromatic N) is 1. The number of hydrogen-bond donors (Lipinski definition) is 1. The van der Waals surface area contributed by atoms with Crippen LogP contribution in [0.15, 0.2) is 30.5 Å². The predicted molar refractivity (Wildman–Crippen MR) is 87.7 cm³/mol. The van der Waals surface area contributed by atoms with Crippen LogP contribution >= 0.6 is 0 Å². The van der Waals surface area contributed by atoms with Crippen molar-refractivity contribution in [1.29, 1.82) is 0 Å². The van der Waals surface area contributed by atoms with Crippen molar-refractivity contribution in [2.75, 3.05) is 20.3 Å². The van der Waals surface area contributed by atoms with E-state index in [1.165, 1.54) is 29.3 Å². The lowest BCUT2D eigenvalue weighted by Crippen LogP contribution is -2.23. The zero-order valence-electron chi connectivity index (χ0n) is 13.1. The van der Waals surface area contributed by atoms with E-state index in [1.807, 2.05) is 7.05 Å². The summed E-state index contributed by atoms with van der Waals surface area (Å²) in [5.41, 5.74) is 2.82. The minimum atomic E-state index is 0.509. The van der Waals surface area contributed by atoms with E-state index in [-0.39, 0.29) is 0 Å². The number of ether oxygens (including phenoxy) is 1. The number of aromatic nitrogens is 1. The Bertz CT molecular complexity index is 584.